The number of aryl methyl sites for hydroxylation is 1. The molecule has 0 spiro atoms. The summed E-state index contributed by atoms with van der Waals surface area (Å²) in [5.74, 6) is 0. The molecule has 2 aromatic heterocycles. The van der Waals surface area contributed by atoms with Crippen LogP contribution in [-0.4, -0.2) is 67.0 Å². The highest BCUT2D eigenvalue weighted by molar-refractivity contribution is 9.10. The summed E-state index contributed by atoms with van der Waals surface area (Å²) in [5.41, 5.74) is 1.91. The van der Waals surface area contributed by atoms with Crippen LogP contribution >= 0.6 is 15.9 Å². The summed E-state index contributed by atoms with van der Waals surface area (Å²) in [7, 11) is 0. The van der Waals surface area contributed by atoms with E-state index in [9.17, 15) is 4.79 Å². The Morgan fingerprint density at radius 3 is 2.58 bits per heavy atom. The Morgan fingerprint density at radius 2 is 1.97 bits per heavy atom. The quantitative estimate of drug-likeness (QED) is 0.412. The number of hydrogen-bond donors (Lipinski definition) is 0. The third-order valence-electron chi connectivity index (χ3n) is 7.64. The minimum atomic E-state index is -0.526. The molecule has 0 saturated carbocycles. The number of nitrogens with zero attached hydrogens (tertiary/aromatic N) is 5. The third kappa shape index (κ3) is 5.43. The van der Waals surface area contributed by atoms with E-state index in [4.69, 9.17) is 19.6 Å². The average Bonchev–Trinajstić information content (AvgIpc) is 3.11. The van der Waals surface area contributed by atoms with Gasteiger partial charge in [0.05, 0.1) is 11.2 Å². The molecule has 0 aromatic carbocycles. The lowest BCUT2D eigenvalue weighted by molar-refractivity contribution is -0.0754. The van der Waals surface area contributed by atoms with Crippen LogP contribution < -0.4 is 0 Å². The number of amides is 1. The van der Waals surface area contributed by atoms with Crippen molar-refractivity contribution in [2.75, 3.05) is 19.7 Å². The van der Waals surface area contributed by atoms with E-state index in [2.05, 4.69) is 61.5 Å². The second-order valence-electron chi connectivity index (χ2n) is 12.2. The Kier molecular flexibility index (Phi) is 7.50. The molecule has 0 N–H and O–H groups in total. The standard InChI is InChI=1S/C27H42BrN5O3/c1-9-27(8)17-31(26(6,7)16-32(27)24(34)36-25(3,4)5)15-19-14-20(28)29-23-22(19)18(2)30-33(23)21-12-10-11-13-35-21/h14,21H,9-13,15-17H2,1-8H3. The Bertz CT molecular complexity index is 1120. The Hall–Kier alpha value is -1.71. The number of piperazine rings is 1. The number of hydrogen-bond acceptors (Lipinski definition) is 6. The highest BCUT2D eigenvalue weighted by atomic mass is 79.9. The molecule has 2 fully saturated rings. The minimum Gasteiger partial charge on any atom is -0.444 e. The van der Waals surface area contributed by atoms with Gasteiger partial charge in [-0.1, -0.05) is 6.92 Å². The number of pyridine rings is 1. The number of halogens is 1. The van der Waals surface area contributed by atoms with Gasteiger partial charge in [0, 0.05) is 37.2 Å². The van der Waals surface area contributed by atoms with Crippen LogP contribution in [0.25, 0.3) is 11.0 Å². The lowest BCUT2D eigenvalue weighted by Gasteiger charge is -2.56. The van der Waals surface area contributed by atoms with Crippen molar-refractivity contribution in [3.63, 3.8) is 0 Å². The first-order valence-electron chi connectivity index (χ1n) is 13.2. The highest BCUT2D eigenvalue weighted by Crippen LogP contribution is 2.37. The molecule has 8 nitrogen and oxygen atoms in total. The molecule has 36 heavy (non-hydrogen) atoms. The molecular weight excluding hydrogens is 522 g/mol. The van der Waals surface area contributed by atoms with Crippen LogP contribution in [0.4, 0.5) is 4.79 Å². The molecule has 0 bridgehead atoms. The smallest absolute Gasteiger partial charge is 0.410 e. The predicted molar refractivity (Wildman–Crippen MR) is 145 cm³/mol. The summed E-state index contributed by atoms with van der Waals surface area (Å²) in [5, 5.41) is 5.97. The van der Waals surface area contributed by atoms with Crippen molar-refractivity contribution in [3.8, 4) is 0 Å². The second kappa shape index (κ2) is 9.87. The number of carbonyl (C=O) groups excluding carboxylic acids is 1. The monoisotopic (exact) mass is 563 g/mol. The van der Waals surface area contributed by atoms with Crippen LogP contribution in [0.2, 0.25) is 0 Å². The van der Waals surface area contributed by atoms with Gasteiger partial charge < -0.3 is 9.47 Å². The van der Waals surface area contributed by atoms with Gasteiger partial charge in [-0.05, 0) is 102 Å². The fourth-order valence-electron chi connectivity index (χ4n) is 5.38. The summed E-state index contributed by atoms with van der Waals surface area (Å²) in [6.45, 7) is 19.4. The van der Waals surface area contributed by atoms with Crippen molar-refractivity contribution in [3.05, 3.63) is 21.9 Å². The van der Waals surface area contributed by atoms with E-state index < -0.39 is 5.60 Å². The molecule has 2 aliphatic heterocycles. The van der Waals surface area contributed by atoms with Crippen molar-refractivity contribution in [2.45, 2.75) is 111 Å². The first-order valence-corrected chi connectivity index (χ1v) is 13.9. The molecule has 4 rings (SSSR count). The number of carbonyl (C=O) groups is 1. The number of rotatable bonds is 4. The van der Waals surface area contributed by atoms with Crippen LogP contribution in [0, 0.1) is 6.92 Å². The summed E-state index contributed by atoms with van der Waals surface area (Å²) < 4.78 is 14.6. The lowest BCUT2D eigenvalue weighted by Crippen LogP contribution is -2.69. The normalized spacial score (nSPS) is 25.4. The second-order valence-corrected chi connectivity index (χ2v) is 13.1. The molecule has 0 radical (unpaired) electrons. The maximum atomic E-state index is 13.2. The molecule has 2 aromatic rings. The topological polar surface area (TPSA) is 72.7 Å². The molecule has 2 aliphatic rings. The molecular formula is C27H42BrN5O3. The largest absolute Gasteiger partial charge is 0.444 e. The summed E-state index contributed by atoms with van der Waals surface area (Å²) in [6, 6.07) is 2.11. The zero-order chi connectivity index (χ0) is 26.5. The number of fused-ring (bicyclic) bond motifs is 1. The van der Waals surface area contributed by atoms with E-state index in [-0.39, 0.29) is 23.4 Å². The first-order chi connectivity index (χ1) is 16.7. The van der Waals surface area contributed by atoms with Gasteiger partial charge in [-0.2, -0.15) is 5.10 Å². The van der Waals surface area contributed by atoms with Gasteiger partial charge in [-0.25, -0.2) is 14.5 Å². The van der Waals surface area contributed by atoms with Crippen molar-refractivity contribution in [2.24, 2.45) is 0 Å². The van der Waals surface area contributed by atoms with E-state index in [1.54, 1.807) is 0 Å². The fourth-order valence-corrected chi connectivity index (χ4v) is 5.82. The van der Waals surface area contributed by atoms with Crippen LogP contribution in [0.15, 0.2) is 10.7 Å². The Morgan fingerprint density at radius 1 is 1.25 bits per heavy atom. The van der Waals surface area contributed by atoms with Gasteiger partial charge in [0.1, 0.15) is 10.2 Å². The summed E-state index contributed by atoms with van der Waals surface area (Å²) in [6.07, 6.45) is 3.72. The third-order valence-corrected chi connectivity index (χ3v) is 8.04. The van der Waals surface area contributed by atoms with E-state index in [1.165, 1.54) is 5.56 Å². The molecule has 1 amide bonds. The zero-order valence-corrected chi connectivity index (χ0v) is 24.7. The SMILES string of the molecule is CCC1(C)CN(Cc2cc(Br)nc3c2c(C)nn3C2CCCCO2)C(C)(C)CN1C(=O)OC(C)(C)C. The van der Waals surface area contributed by atoms with Crippen LogP contribution in [0.5, 0.6) is 0 Å². The van der Waals surface area contributed by atoms with Gasteiger partial charge in [-0.3, -0.25) is 9.80 Å². The van der Waals surface area contributed by atoms with Crippen LogP contribution in [0.1, 0.15) is 91.6 Å². The molecule has 4 heterocycles. The molecule has 2 saturated heterocycles. The van der Waals surface area contributed by atoms with Crippen molar-refractivity contribution >= 4 is 33.1 Å². The number of aromatic nitrogens is 3. The summed E-state index contributed by atoms with van der Waals surface area (Å²) in [4.78, 5) is 22.5. The maximum absolute atomic E-state index is 13.2. The Labute approximate surface area is 223 Å². The van der Waals surface area contributed by atoms with Crippen molar-refractivity contribution in [1.82, 2.24) is 24.6 Å². The van der Waals surface area contributed by atoms with Gasteiger partial charge in [0.25, 0.3) is 0 Å². The predicted octanol–water partition coefficient (Wildman–Crippen LogP) is 6.20. The van der Waals surface area contributed by atoms with Gasteiger partial charge >= 0.3 is 6.09 Å². The van der Waals surface area contributed by atoms with Gasteiger partial charge in [-0.15, -0.1) is 0 Å². The van der Waals surface area contributed by atoms with Gasteiger partial charge in [0.15, 0.2) is 11.9 Å². The molecule has 0 aliphatic carbocycles. The fraction of sp³-hybridized carbons (Fsp3) is 0.741. The van der Waals surface area contributed by atoms with Crippen LogP contribution in [0.3, 0.4) is 0 Å². The average molecular weight is 565 g/mol. The van der Waals surface area contributed by atoms with E-state index >= 15 is 0 Å². The molecule has 200 valence electrons. The van der Waals surface area contributed by atoms with Crippen molar-refractivity contribution < 1.29 is 14.3 Å². The lowest BCUT2D eigenvalue weighted by atomic mass is 9.85. The van der Waals surface area contributed by atoms with Gasteiger partial charge in [0.2, 0.25) is 0 Å². The highest BCUT2D eigenvalue weighted by Gasteiger charge is 2.48. The van der Waals surface area contributed by atoms with Crippen molar-refractivity contribution in [1.29, 1.82) is 0 Å². The van der Waals surface area contributed by atoms with E-state index in [0.29, 0.717) is 6.54 Å². The maximum Gasteiger partial charge on any atom is 0.410 e. The summed E-state index contributed by atoms with van der Waals surface area (Å²) >= 11 is 3.66. The first kappa shape index (κ1) is 27.3. The van der Waals surface area contributed by atoms with Crippen LogP contribution in [-0.2, 0) is 16.0 Å². The van der Waals surface area contributed by atoms with E-state index in [0.717, 1.165) is 66.7 Å². The van der Waals surface area contributed by atoms with E-state index in [1.807, 2.05) is 30.4 Å². The Balaban J connectivity index is 1.67. The molecule has 9 heteroatoms. The zero-order valence-electron chi connectivity index (χ0n) is 23.2. The molecule has 2 atom stereocenters. The minimum absolute atomic E-state index is 0.0678. The number of ether oxygens (including phenoxy) is 2. The molecule has 2 unspecified atom stereocenters.